The summed E-state index contributed by atoms with van der Waals surface area (Å²) in [6.45, 7) is 0.852. The lowest BCUT2D eigenvalue weighted by Crippen LogP contribution is -2.33. The van der Waals surface area contributed by atoms with Crippen molar-refractivity contribution in [2.75, 3.05) is 13.7 Å². The summed E-state index contributed by atoms with van der Waals surface area (Å²) in [5.41, 5.74) is 7.62. The maximum Gasteiger partial charge on any atom is 0.573 e. The number of ether oxygens (including phenoxy) is 2. The van der Waals surface area contributed by atoms with Gasteiger partial charge in [-0.3, -0.25) is 0 Å². The maximum atomic E-state index is 12.1. The van der Waals surface area contributed by atoms with Crippen LogP contribution < -0.4 is 20.5 Å². The minimum atomic E-state index is -4.70. The van der Waals surface area contributed by atoms with Gasteiger partial charge < -0.3 is 20.5 Å². The second-order valence-electron chi connectivity index (χ2n) is 5.42. The number of guanidine groups is 1. The lowest BCUT2D eigenvalue weighted by molar-refractivity contribution is -0.274. The summed E-state index contributed by atoms with van der Waals surface area (Å²) in [6.07, 6.45) is -3.95. The molecular weight excluding hydrogens is 474 g/mol. The normalized spacial score (nSPS) is 11.5. The van der Waals surface area contributed by atoms with Crippen molar-refractivity contribution in [3.63, 3.8) is 0 Å². The van der Waals surface area contributed by atoms with Gasteiger partial charge >= 0.3 is 6.36 Å². The number of benzene rings is 2. The molecule has 0 unspecified atom stereocenters. The van der Waals surface area contributed by atoms with Gasteiger partial charge in [0.2, 0.25) is 0 Å². The highest BCUT2D eigenvalue weighted by atomic mass is 127. The van der Waals surface area contributed by atoms with E-state index in [0.717, 1.165) is 23.3 Å². The number of nitrogens with zero attached hydrogens (tertiary/aromatic N) is 1. The van der Waals surface area contributed by atoms with Gasteiger partial charge in [0.05, 0.1) is 13.7 Å². The Bertz CT molecular complexity index is 737. The van der Waals surface area contributed by atoms with Crippen LogP contribution in [0.15, 0.2) is 53.5 Å². The Balaban J connectivity index is 0.00000364. The van der Waals surface area contributed by atoms with Gasteiger partial charge in [0, 0.05) is 6.54 Å². The van der Waals surface area contributed by atoms with Gasteiger partial charge in [-0.15, -0.1) is 37.1 Å². The third kappa shape index (κ3) is 8.85. The highest BCUT2D eigenvalue weighted by molar-refractivity contribution is 14.0. The third-order valence-corrected chi connectivity index (χ3v) is 3.44. The minimum absolute atomic E-state index is 0. The van der Waals surface area contributed by atoms with Gasteiger partial charge in [0.1, 0.15) is 11.5 Å². The van der Waals surface area contributed by atoms with Crippen molar-refractivity contribution in [3.05, 3.63) is 59.7 Å². The topological polar surface area (TPSA) is 68.9 Å². The highest BCUT2D eigenvalue weighted by Gasteiger charge is 2.30. The fourth-order valence-electron chi connectivity index (χ4n) is 2.19. The molecule has 0 heterocycles. The molecule has 5 nitrogen and oxygen atoms in total. The molecule has 0 fully saturated rings. The second-order valence-corrected chi connectivity index (χ2v) is 5.42. The summed E-state index contributed by atoms with van der Waals surface area (Å²) in [6, 6.07) is 13.2. The van der Waals surface area contributed by atoms with E-state index in [1.165, 1.54) is 24.3 Å². The van der Waals surface area contributed by atoms with Crippen LogP contribution in [-0.2, 0) is 13.0 Å². The van der Waals surface area contributed by atoms with Crippen molar-refractivity contribution in [2.45, 2.75) is 19.3 Å². The molecule has 0 radical (unpaired) electrons. The Morgan fingerprint density at radius 3 is 2.41 bits per heavy atom. The minimum Gasteiger partial charge on any atom is -0.497 e. The molecule has 0 aliphatic heterocycles. The first kappa shape index (κ1) is 22.9. The molecule has 0 bridgehead atoms. The number of aliphatic imine (C=N–C) groups is 1. The number of hydrogen-bond acceptors (Lipinski definition) is 3. The van der Waals surface area contributed by atoms with E-state index >= 15 is 0 Å². The first-order chi connectivity index (χ1) is 12.4. The zero-order valence-corrected chi connectivity index (χ0v) is 17.0. The fraction of sp³-hybridized carbons (Fsp3) is 0.278. The van der Waals surface area contributed by atoms with Gasteiger partial charge in [-0.05, 0) is 41.8 Å². The van der Waals surface area contributed by atoms with Crippen LogP contribution in [0.2, 0.25) is 0 Å². The van der Waals surface area contributed by atoms with Crippen LogP contribution in [-0.4, -0.2) is 26.0 Å². The highest BCUT2D eigenvalue weighted by Crippen LogP contribution is 2.22. The third-order valence-electron chi connectivity index (χ3n) is 3.44. The molecule has 0 saturated carbocycles. The standard InChI is InChI=1S/C18H20F3N3O2.HI/c1-25-16-4-2-3-13(11-16)9-10-23-17(22)24-12-14-5-7-15(8-6-14)26-18(19,20)21;/h2-8,11H,9-10,12H2,1H3,(H3,22,23,24);1H. The van der Waals surface area contributed by atoms with E-state index in [1.54, 1.807) is 7.11 Å². The largest absolute Gasteiger partial charge is 0.573 e. The van der Waals surface area contributed by atoms with Crippen molar-refractivity contribution in [1.82, 2.24) is 5.32 Å². The number of alkyl halides is 3. The summed E-state index contributed by atoms with van der Waals surface area (Å²) in [5, 5.41) is 2.99. The van der Waals surface area contributed by atoms with Crippen LogP contribution in [0.25, 0.3) is 0 Å². The van der Waals surface area contributed by atoms with E-state index in [-0.39, 0.29) is 42.2 Å². The van der Waals surface area contributed by atoms with Gasteiger partial charge in [-0.2, -0.15) is 0 Å². The van der Waals surface area contributed by atoms with Crippen molar-refractivity contribution in [1.29, 1.82) is 0 Å². The predicted octanol–water partition coefficient (Wildman–Crippen LogP) is 3.86. The Kier molecular flexibility index (Phi) is 9.19. The van der Waals surface area contributed by atoms with Gasteiger partial charge in [0.15, 0.2) is 5.96 Å². The number of halogens is 4. The number of methoxy groups -OCH3 is 1. The molecule has 0 amide bonds. The first-order valence-electron chi connectivity index (χ1n) is 7.87. The van der Waals surface area contributed by atoms with Crippen molar-refractivity contribution in [3.8, 4) is 11.5 Å². The monoisotopic (exact) mass is 495 g/mol. The average molecular weight is 495 g/mol. The van der Waals surface area contributed by atoms with E-state index in [1.807, 2.05) is 24.3 Å². The number of hydrogen-bond donors (Lipinski definition) is 2. The molecule has 27 heavy (non-hydrogen) atoms. The Labute approximate surface area is 172 Å². The lowest BCUT2D eigenvalue weighted by atomic mass is 10.1. The SMILES string of the molecule is COc1cccc(CCNC(N)=NCc2ccc(OC(F)(F)F)cc2)c1.I. The quantitative estimate of drug-likeness (QED) is 0.348. The first-order valence-corrected chi connectivity index (χ1v) is 7.87. The van der Waals surface area contributed by atoms with Gasteiger partial charge in [0.25, 0.3) is 0 Å². The Morgan fingerprint density at radius 1 is 1.07 bits per heavy atom. The zero-order chi connectivity index (χ0) is 19.0. The molecule has 2 aromatic rings. The fourth-order valence-corrected chi connectivity index (χ4v) is 2.19. The average Bonchev–Trinajstić information content (AvgIpc) is 2.60. The maximum absolute atomic E-state index is 12.1. The van der Waals surface area contributed by atoms with Crippen LogP contribution in [0.4, 0.5) is 13.2 Å². The van der Waals surface area contributed by atoms with Crippen LogP contribution in [0.5, 0.6) is 11.5 Å². The summed E-state index contributed by atoms with van der Waals surface area (Å²) in [4.78, 5) is 4.16. The lowest BCUT2D eigenvalue weighted by Gasteiger charge is -2.09. The number of nitrogens with one attached hydrogen (secondary N) is 1. The van der Waals surface area contributed by atoms with E-state index < -0.39 is 6.36 Å². The molecule has 0 aliphatic carbocycles. The summed E-state index contributed by atoms with van der Waals surface area (Å²) in [7, 11) is 1.61. The van der Waals surface area contributed by atoms with E-state index in [9.17, 15) is 13.2 Å². The van der Waals surface area contributed by atoms with Crippen molar-refractivity contribution < 1.29 is 22.6 Å². The van der Waals surface area contributed by atoms with Crippen molar-refractivity contribution in [2.24, 2.45) is 10.7 Å². The molecule has 3 N–H and O–H groups in total. The molecule has 148 valence electrons. The van der Waals surface area contributed by atoms with Gasteiger partial charge in [-0.1, -0.05) is 24.3 Å². The van der Waals surface area contributed by atoms with E-state index in [0.29, 0.717) is 6.54 Å². The smallest absolute Gasteiger partial charge is 0.497 e. The van der Waals surface area contributed by atoms with E-state index in [4.69, 9.17) is 10.5 Å². The predicted molar refractivity (Wildman–Crippen MR) is 109 cm³/mol. The molecule has 9 heteroatoms. The molecule has 0 aliphatic rings. The number of rotatable bonds is 7. The number of nitrogens with two attached hydrogens (primary N) is 1. The molecule has 2 aromatic carbocycles. The van der Waals surface area contributed by atoms with Crippen molar-refractivity contribution >= 4 is 29.9 Å². The molecular formula is C18H21F3IN3O2. The van der Waals surface area contributed by atoms with E-state index in [2.05, 4.69) is 15.0 Å². The molecule has 0 atom stereocenters. The summed E-state index contributed by atoms with van der Waals surface area (Å²) < 4.78 is 45.3. The van der Waals surface area contributed by atoms with Crippen LogP contribution >= 0.6 is 24.0 Å². The Hall–Kier alpha value is -2.17. The van der Waals surface area contributed by atoms with Crippen LogP contribution in [0.3, 0.4) is 0 Å². The molecule has 0 aromatic heterocycles. The summed E-state index contributed by atoms with van der Waals surface area (Å²) >= 11 is 0. The second kappa shape index (κ2) is 10.9. The molecule has 2 rings (SSSR count). The summed E-state index contributed by atoms with van der Waals surface area (Å²) in [5.74, 6) is 0.792. The molecule has 0 saturated heterocycles. The zero-order valence-electron chi connectivity index (χ0n) is 14.6. The van der Waals surface area contributed by atoms with Gasteiger partial charge in [-0.25, -0.2) is 4.99 Å². The van der Waals surface area contributed by atoms with Crippen LogP contribution in [0, 0.1) is 0 Å². The molecule has 0 spiro atoms. The van der Waals surface area contributed by atoms with Crippen LogP contribution in [0.1, 0.15) is 11.1 Å². The Morgan fingerprint density at radius 2 is 1.78 bits per heavy atom.